The number of thioether (sulfide) groups is 1. The Hall–Kier alpha value is -0.740. The Balaban J connectivity index is 2.55. The third-order valence-electron chi connectivity index (χ3n) is 2.53. The summed E-state index contributed by atoms with van der Waals surface area (Å²) in [6.07, 6.45) is 5.69. The Labute approximate surface area is 104 Å². The maximum absolute atomic E-state index is 5.94. The largest absolute Gasteiger partial charge is 0.323 e. The van der Waals surface area contributed by atoms with E-state index in [2.05, 4.69) is 27.7 Å². The zero-order valence-electron chi connectivity index (χ0n) is 9.35. The highest BCUT2D eigenvalue weighted by Gasteiger charge is 2.14. The highest BCUT2D eigenvalue weighted by Crippen LogP contribution is 2.23. The molecule has 16 heavy (non-hydrogen) atoms. The first-order valence-electron chi connectivity index (χ1n) is 5.13. The number of nitrogens with zero attached hydrogens (tertiary/aromatic N) is 3. The topological polar surface area (TPSA) is 30.7 Å². The van der Waals surface area contributed by atoms with Crippen LogP contribution in [0.2, 0.25) is 0 Å². The van der Waals surface area contributed by atoms with Crippen LogP contribution in [0.5, 0.6) is 0 Å². The van der Waals surface area contributed by atoms with Gasteiger partial charge in [0.2, 0.25) is 0 Å². The second kappa shape index (κ2) is 5.06. The van der Waals surface area contributed by atoms with Crippen molar-refractivity contribution < 1.29 is 0 Å². The Bertz CT molecular complexity index is 483. The van der Waals surface area contributed by atoms with E-state index in [-0.39, 0.29) is 0 Å². The maximum atomic E-state index is 5.94. The Morgan fingerprint density at radius 1 is 1.56 bits per heavy atom. The molecule has 0 bridgehead atoms. The number of hydrogen-bond donors (Lipinski definition) is 0. The van der Waals surface area contributed by atoms with Gasteiger partial charge in [-0.05, 0) is 19.2 Å². The second-order valence-corrected chi connectivity index (χ2v) is 4.88. The molecule has 86 valence electrons. The lowest BCUT2D eigenvalue weighted by Gasteiger charge is -2.15. The molecule has 2 heterocycles. The third kappa shape index (κ3) is 2.04. The van der Waals surface area contributed by atoms with Gasteiger partial charge in [0.05, 0.1) is 17.6 Å². The molecule has 1 atom stereocenters. The predicted octanol–water partition coefficient (Wildman–Crippen LogP) is 3.09. The lowest BCUT2D eigenvalue weighted by atomic mass is 10.3. The minimum Gasteiger partial charge on any atom is -0.323 e. The molecule has 0 fully saturated rings. The molecule has 3 nitrogen and oxygen atoms in total. The van der Waals surface area contributed by atoms with E-state index in [0.717, 1.165) is 22.6 Å². The monoisotopic (exact) mass is 255 g/mol. The van der Waals surface area contributed by atoms with E-state index < -0.39 is 0 Å². The number of hydrogen-bond acceptors (Lipinski definition) is 3. The quantitative estimate of drug-likeness (QED) is 0.787. The van der Waals surface area contributed by atoms with E-state index in [1.54, 1.807) is 12.4 Å². The molecule has 0 saturated carbocycles. The van der Waals surface area contributed by atoms with Crippen molar-refractivity contribution in [2.24, 2.45) is 0 Å². The molecule has 0 aliphatic rings. The minimum absolute atomic E-state index is 0.399. The molecule has 0 saturated heterocycles. The first-order chi connectivity index (χ1) is 7.77. The molecule has 2 aromatic rings. The summed E-state index contributed by atoms with van der Waals surface area (Å²) in [6, 6.07) is 2.39. The molecule has 0 N–H and O–H groups in total. The summed E-state index contributed by atoms with van der Waals surface area (Å²) in [5, 5.41) is 0. The van der Waals surface area contributed by atoms with Crippen molar-refractivity contribution in [2.75, 3.05) is 12.0 Å². The summed E-state index contributed by atoms with van der Waals surface area (Å²) in [4.78, 5) is 8.58. The molecular formula is C11H14ClN3S. The molecule has 2 aromatic heterocycles. The fourth-order valence-electron chi connectivity index (χ4n) is 1.90. The van der Waals surface area contributed by atoms with Gasteiger partial charge in [-0.3, -0.25) is 4.98 Å². The maximum Gasteiger partial charge on any atom is 0.125 e. The Kier molecular flexibility index (Phi) is 3.71. The van der Waals surface area contributed by atoms with Crippen LogP contribution >= 0.6 is 23.4 Å². The predicted molar refractivity (Wildman–Crippen MR) is 70.2 cm³/mol. The number of alkyl halides is 1. The van der Waals surface area contributed by atoms with Crippen molar-refractivity contribution in [2.45, 2.75) is 18.8 Å². The van der Waals surface area contributed by atoms with Gasteiger partial charge in [0.25, 0.3) is 0 Å². The lowest BCUT2D eigenvalue weighted by molar-refractivity contribution is 0.606. The van der Waals surface area contributed by atoms with Crippen molar-refractivity contribution in [3.8, 4) is 0 Å². The summed E-state index contributed by atoms with van der Waals surface area (Å²) in [5.41, 5.74) is 2.04. The van der Waals surface area contributed by atoms with Crippen LogP contribution < -0.4 is 0 Å². The van der Waals surface area contributed by atoms with Crippen LogP contribution in [0.4, 0.5) is 0 Å². The number of halogens is 1. The zero-order valence-corrected chi connectivity index (χ0v) is 10.9. The number of rotatable bonds is 4. The fourth-order valence-corrected chi connectivity index (χ4v) is 2.72. The smallest absolute Gasteiger partial charge is 0.125 e. The lowest BCUT2D eigenvalue weighted by Crippen LogP contribution is -2.10. The number of imidazole rings is 1. The fraction of sp³-hybridized carbons (Fsp3) is 0.455. The van der Waals surface area contributed by atoms with Gasteiger partial charge in [0, 0.05) is 18.0 Å². The second-order valence-electron chi connectivity index (χ2n) is 3.70. The minimum atomic E-state index is 0.399. The van der Waals surface area contributed by atoms with Crippen LogP contribution in [0.3, 0.4) is 0 Å². The molecule has 0 radical (unpaired) electrons. The number of fused-ring (bicyclic) bond motifs is 1. The van der Waals surface area contributed by atoms with Gasteiger partial charge in [0.1, 0.15) is 11.3 Å². The standard InChI is InChI=1S/C11H14ClN3S/c1-8(7-16-2)15-10-3-4-13-6-9(10)14-11(15)5-12/h3-4,6,8H,5,7H2,1-2H3. The Morgan fingerprint density at radius 2 is 2.38 bits per heavy atom. The van der Waals surface area contributed by atoms with Crippen LogP contribution in [0.25, 0.3) is 11.0 Å². The van der Waals surface area contributed by atoms with Gasteiger partial charge in [-0.1, -0.05) is 0 Å². The summed E-state index contributed by atoms with van der Waals surface area (Å²) in [5.74, 6) is 2.41. The van der Waals surface area contributed by atoms with Crippen molar-refractivity contribution in [3.05, 3.63) is 24.3 Å². The summed E-state index contributed by atoms with van der Waals surface area (Å²) in [7, 11) is 0. The molecule has 0 aliphatic carbocycles. The van der Waals surface area contributed by atoms with E-state index in [4.69, 9.17) is 11.6 Å². The molecular weight excluding hydrogens is 242 g/mol. The van der Waals surface area contributed by atoms with E-state index in [1.165, 1.54) is 0 Å². The molecule has 0 aromatic carbocycles. The van der Waals surface area contributed by atoms with Crippen LogP contribution in [0.15, 0.2) is 18.5 Å². The molecule has 1 unspecified atom stereocenters. The van der Waals surface area contributed by atoms with Crippen LogP contribution in [-0.2, 0) is 5.88 Å². The SMILES string of the molecule is CSCC(C)n1c(CCl)nc2cnccc21. The first kappa shape index (κ1) is 11.7. The van der Waals surface area contributed by atoms with E-state index >= 15 is 0 Å². The van der Waals surface area contributed by atoms with E-state index in [9.17, 15) is 0 Å². The number of aromatic nitrogens is 3. The van der Waals surface area contributed by atoms with Crippen LogP contribution in [-0.4, -0.2) is 26.5 Å². The molecule has 0 spiro atoms. The molecule has 2 rings (SSSR count). The molecule has 0 aliphatic heterocycles. The highest BCUT2D eigenvalue weighted by molar-refractivity contribution is 7.98. The van der Waals surface area contributed by atoms with Gasteiger partial charge in [-0.15, -0.1) is 11.6 Å². The van der Waals surface area contributed by atoms with Gasteiger partial charge in [0.15, 0.2) is 0 Å². The van der Waals surface area contributed by atoms with Crippen molar-refractivity contribution in [1.82, 2.24) is 14.5 Å². The van der Waals surface area contributed by atoms with E-state index in [1.807, 2.05) is 17.8 Å². The van der Waals surface area contributed by atoms with Gasteiger partial charge in [-0.25, -0.2) is 4.98 Å². The van der Waals surface area contributed by atoms with Gasteiger partial charge >= 0.3 is 0 Å². The van der Waals surface area contributed by atoms with Crippen LogP contribution in [0, 0.1) is 0 Å². The third-order valence-corrected chi connectivity index (χ3v) is 3.59. The van der Waals surface area contributed by atoms with Gasteiger partial charge < -0.3 is 4.57 Å². The molecule has 5 heteroatoms. The molecule has 0 amide bonds. The first-order valence-corrected chi connectivity index (χ1v) is 7.06. The van der Waals surface area contributed by atoms with Crippen molar-refractivity contribution >= 4 is 34.4 Å². The van der Waals surface area contributed by atoms with Crippen molar-refractivity contribution in [3.63, 3.8) is 0 Å². The van der Waals surface area contributed by atoms with Crippen LogP contribution in [0.1, 0.15) is 18.8 Å². The normalized spacial score (nSPS) is 13.2. The summed E-state index contributed by atoms with van der Waals surface area (Å²) < 4.78 is 2.21. The van der Waals surface area contributed by atoms with Crippen molar-refractivity contribution in [1.29, 1.82) is 0 Å². The average molecular weight is 256 g/mol. The zero-order chi connectivity index (χ0) is 11.5. The number of pyridine rings is 1. The Morgan fingerprint density at radius 3 is 3.06 bits per heavy atom. The van der Waals surface area contributed by atoms with Gasteiger partial charge in [-0.2, -0.15) is 11.8 Å². The highest BCUT2D eigenvalue weighted by atomic mass is 35.5. The average Bonchev–Trinajstić information content (AvgIpc) is 2.67. The van der Waals surface area contributed by atoms with E-state index in [0.29, 0.717) is 11.9 Å². The summed E-state index contributed by atoms with van der Waals surface area (Å²) >= 11 is 7.77. The summed E-state index contributed by atoms with van der Waals surface area (Å²) in [6.45, 7) is 2.19.